The van der Waals surface area contributed by atoms with Crippen molar-refractivity contribution in [2.75, 3.05) is 13.1 Å². The molecule has 0 aromatic rings. The molecule has 0 saturated carbocycles. The minimum Gasteiger partial charge on any atom is -0.375 e. The summed E-state index contributed by atoms with van der Waals surface area (Å²) in [7, 11) is 0. The monoisotopic (exact) mass is 225 g/mol. The molecule has 2 amide bonds. The number of nitrogens with one attached hydrogen (secondary N) is 2. The molecular formula is C12H23N3O. The van der Waals surface area contributed by atoms with Gasteiger partial charge in [0, 0.05) is 30.9 Å². The van der Waals surface area contributed by atoms with Crippen LogP contribution in [-0.4, -0.2) is 36.1 Å². The standard InChI is InChI=1S/C12H23N3O/c1-9(2)13-12(16)14-11-5-7-15(8-6-11)10(3)4/h9,11H,3,5-8H2,1-2,4H3,(H2,13,14,16). The van der Waals surface area contributed by atoms with Gasteiger partial charge in [-0.1, -0.05) is 6.58 Å². The summed E-state index contributed by atoms with van der Waals surface area (Å²) in [6.07, 6.45) is 2.00. The Labute approximate surface area is 98.1 Å². The number of carbonyl (C=O) groups excluding carboxylic acids is 1. The molecule has 0 aromatic heterocycles. The molecule has 1 rings (SSSR count). The maximum atomic E-state index is 11.5. The molecule has 0 atom stereocenters. The van der Waals surface area contributed by atoms with E-state index in [-0.39, 0.29) is 12.1 Å². The highest BCUT2D eigenvalue weighted by Gasteiger charge is 2.20. The molecule has 0 aliphatic carbocycles. The Bertz CT molecular complexity index is 255. The third-order valence-corrected chi connectivity index (χ3v) is 2.79. The van der Waals surface area contributed by atoms with Crippen LogP contribution >= 0.6 is 0 Å². The van der Waals surface area contributed by atoms with E-state index < -0.39 is 0 Å². The lowest BCUT2D eigenvalue weighted by Crippen LogP contribution is -2.48. The van der Waals surface area contributed by atoms with Gasteiger partial charge in [0.25, 0.3) is 0 Å². The molecule has 1 aliphatic heterocycles. The van der Waals surface area contributed by atoms with E-state index in [2.05, 4.69) is 22.1 Å². The van der Waals surface area contributed by atoms with Gasteiger partial charge in [-0.05, 0) is 33.6 Å². The average molecular weight is 225 g/mol. The largest absolute Gasteiger partial charge is 0.375 e. The van der Waals surface area contributed by atoms with Crippen LogP contribution in [0, 0.1) is 0 Å². The van der Waals surface area contributed by atoms with Gasteiger partial charge in [-0.15, -0.1) is 0 Å². The SMILES string of the molecule is C=C(C)N1CCC(NC(=O)NC(C)C)CC1. The lowest BCUT2D eigenvalue weighted by atomic mass is 10.1. The highest BCUT2D eigenvalue weighted by molar-refractivity contribution is 5.74. The molecule has 0 aromatic carbocycles. The summed E-state index contributed by atoms with van der Waals surface area (Å²) in [6.45, 7) is 11.9. The second kappa shape index (κ2) is 5.77. The fourth-order valence-electron chi connectivity index (χ4n) is 1.89. The lowest BCUT2D eigenvalue weighted by Gasteiger charge is -2.34. The van der Waals surface area contributed by atoms with E-state index >= 15 is 0 Å². The summed E-state index contributed by atoms with van der Waals surface area (Å²) in [5, 5.41) is 5.85. The minimum absolute atomic E-state index is 0.0521. The van der Waals surface area contributed by atoms with Crippen LogP contribution in [0.1, 0.15) is 33.6 Å². The van der Waals surface area contributed by atoms with Crippen LogP contribution in [-0.2, 0) is 0 Å². The summed E-state index contributed by atoms with van der Waals surface area (Å²) in [4.78, 5) is 13.7. The Morgan fingerprint density at radius 2 is 1.94 bits per heavy atom. The van der Waals surface area contributed by atoms with Crippen LogP contribution in [0.15, 0.2) is 12.3 Å². The lowest BCUT2D eigenvalue weighted by molar-refractivity contribution is 0.215. The Kier molecular flexibility index (Phi) is 4.65. The Morgan fingerprint density at radius 1 is 1.38 bits per heavy atom. The number of urea groups is 1. The number of carbonyl (C=O) groups is 1. The van der Waals surface area contributed by atoms with E-state index in [0.29, 0.717) is 6.04 Å². The third-order valence-electron chi connectivity index (χ3n) is 2.79. The van der Waals surface area contributed by atoms with E-state index in [0.717, 1.165) is 31.6 Å². The zero-order valence-corrected chi connectivity index (χ0v) is 10.5. The average Bonchev–Trinajstić information content (AvgIpc) is 2.16. The Morgan fingerprint density at radius 3 is 2.38 bits per heavy atom. The van der Waals surface area contributed by atoms with Crippen molar-refractivity contribution in [2.45, 2.75) is 45.7 Å². The van der Waals surface area contributed by atoms with Gasteiger partial charge in [-0.2, -0.15) is 0 Å². The van der Waals surface area contributed by atoms with Crippen molar-refractivity contribution in [1.29, 1.82) is 0 Å². The first-order valence-corrected chi connectivity index (χ1v) is 5.96. The maximum absolute atomic E-state index is 11.5. The van der Waals surface area contributed by atoms with Crippen molar-refractivity contribution in [3.63, 3.8) is 0 Å². The van der Waals surface area contributed by atoms with E-state index in [1.807, 2.05) is 20.8 Å². The number of likely N-dealkylation sites (tertiary alicyclic amines) is 1. The number of rotatable bonds is 3. The predicted octanol–water partition coefficient (Wildman–Crippen LogP) is 1.69. The number of allylic oxidation sites excluding steroid dienone is 1. The highest BCUT2D eigenvalue weighted by atomic mass is 16.2. The number of hydrogen-bond donors (Lipinski definition) is 2. The summed E-state index contributed by atoms with van der Waals surface area (Å²) in [6, 6.07) is 0.439. The molecule has 16 heavy (non-hydrogen) atoms. The molecule has 92 valence electrons. The zero-order chi connectivity index (χ0) is 12.1. The predicted molar refractivity (Wildman–Crippen MR) is 66.2 cm³/mol. The van der Waals surface area contributed by atoms with Crippen molar-refractivity contribution in [2.24, 2.45) is 0 Å². The molecule has 0 radical (unpaired) electrons. The molecular weight excluding hydrogens is 202 g/mol. The third kappa shape index (κ3) is 4.13. The second-order valence-corrected chi connectivity index (χ2v) is 4.77. The van der Waals surface area contributed by atoms with Crippen LogP contribution in [0.2, 0.25) is 0 Å². The normalized spacial score (nSPS) is 17.4. The van der Waals surface area contributed by atoms with Crippen LogP contribution < -0.4 is 10.6 Å². The molecule has 0 bridgehead atoms. The number of piperidine rings is 1. The molecule has 0 spiro atoms. The second-order valence-electron chi connectivity index (χ2n) is 4.77. The molecule has 1 saturated heterocycles. The summed E-state index contributed by atoms with van der Waals surface area (Å²) in [5.41, 5.74) is 1.12. The fourth-order valence-corrected chi connectivity index (χ4v) is 1.89. The first kappa shape index (κ1) is 12.9. The number of hydrogen-bond acceptors (Lipinski definition) is 2. The quantitative estimate of drug-likeness (QED) is 0.767. The van der Waals surface area contributed by atoms with E-state index in [1.54, 1.807) is 0 Å². The molecule has 2 N–H and O–H groups in total. The molecule has 1 fully saturated rings. The van der Waals surface area contributed by atoms with Gasteiger partial charge in [0.05, 0.1) is 0 Å². The van der Waals surface area contributed by atoms with Gasteiger partial charge in [0.2, 0.25) is 0 Å². The van der Waals surface area contributed by atoms with Crippen LogP contribution in [0.25, 0.3) is 0 Å². The zero-order valence-electron chi connectivity index (χ0n) is 10.5. The number of amides is 2. The van der Waals surface area contributed by atoms with E-state index in [9.17, 15) is 4.79 Å². The fraction of sp³-hybridized carbons (Fsp3) is 0.750. The first-order chi connectivity index (χ1) is 7.49. The maximum Gasteiger partial charge on any atom is 0.315 e. The van der Waals surface area contributed by atoms with Gasteiger partial charge in [0.1, 0.15) is 0 Å². The Hall–Kier alpha value is -1.19. The smallest absolute Gasteiger partial charge is 0.315 e. The molecule has 1 heterocycles. The van der Waals surface area contributed by atoms with Crippen molar-refractivity contribution >= 4 is 6.03 Å². The molecule has 4 nitrogen and oxygen atoms in total. The van der Waals surface area contributed by atoms with Gasteiger partial charge in [-0.25, -0.2) is 4.79 Å². The first-order valence-electron chi connectivity index (χ1n) is 5.96. The molecule has 0 unspecified atom stereocenters. The van der Waals surface area contributed by atoms with Gasteiger partial charge in [0.15, 0.2) is 0 Å². The van der Waals surface area contributed by atoms with Crippen LogP contribution in [0.5, 0.6) is 0 Å². The van der Waals surface area contributed by atoms with Crippen LogP contribution in [0.3, 0.4) is 0 Å². The topological polar surface area (TPSA) is 44.4 Å². The summed E-state index contributed by atoms with van der Waals surface area (Å²) < 4.78 is 0. The van der Waals surface area contributed by atoms with Crippen molar-refractivity contribution in [1.82, 2.24) is 15.5 Å². The van der Waals surface area contributed by atoms with Crippen LogP contribution in [0.4, 0.5) is 4.79 Å². The van der Waals surface area contributed by atoms with Crippen molar-refractivity contribution in [3.05, 3.63) is 12.3 Å². The number of nitrogens with zero attached hydrogens (tertiary/aromatic N) is 1. The highest BCUT2D eigenvalue weighted by Crippen LogP contribution is 2.13. The van der Waals surface area contributed by atoms with E-state index in [4.69, 9.17) is 0 Å². The molecule has 1 aliphatic rings. The van der Waals surface area contributed by atoms with Crippen molar-refractivity contribution < 1.29 is 4.79 Å². The Balaban J connectivity index is 2.26. The van der Waals surface area contributed by atoms with Gasteiger partial charge < -0.3 is 15.5 Å². The van der Waals surface area contributed by atoms with Gasteiger partial charge >= 0.3 is 6.03 Å². The van der Waals surface area contributed by atoms with Gasteiger partial charge in [-0.3, -0.25) is 0 Å². The summed E-state index contributed by atoms with van der Waals surface area (Å²) >= 11 is 0. The summed E-state index contributed by atoms with van der Waals surface area (Å²) in [5.74, 6) is 0. The van der Waals surface area contributed by atoms with Crippen molar-refractivity contribution in [3.8, 4) is 0 Å². The van der Waals surface area contributed by atoms with E-state index in [1.165, 1.54) is 0 Å². The molecule has 4 heteroatoms. The minimum atomic E-state index is -0.0521.